The summed E-state index contributed by atoms with van der Waals surface area (Å²) in [6, 6.07) is 4.86. The molecule has 14 heteroatoms. The quantitative estimate of drug-likeness (QED) is 0.338. The number of nitrogens with two attached hydrogens (primary N) is 1. The first-order chi connectivity index (χ1) is 16.4. The van der Waals surface area contributed by atoms with E-state index in [-0.39, 0.29) is 11.5 Å². The van der Waals surface area contributed by atoms with Crippen molar-refractivity contribution in [2.24, 2.45) is 5.92 Å². The number of likely N-dealkylation sites (N-methyl/N-ethyl adjacent to an activating group) is 1. The monoisotopic (exact) mass is 492 g/mol. The van der Waals surface area contributed by atoms with Crippen LogP contribution in [0.4, 0.5) is 10.6 Å². The second kappa shape index (κ2) is 9.62. The summed E-state index contributed by atoms with van der Waals surface area (Å²) in [6.07, 6.45) is -4.67. The van der Waals surface area contributed by atoms with E-state index in [0.717, 1.165) is 6.33 Å². The maximum absolute atomic E-state index is 12.2. The molecule has 0 aliphatic carbocycles. The lowest BCUT2D eigenvalue weighted by Crippen LogP contribution is -2.58. The Hall–Kier alpha value is -3.51. The third kappa shape index (κ3) is 4.23. The van der Waals surface area contributed by atoms with E-state index in [9.17, 15) is 30.2 Å². The second-order valence-corrected chi connectivity index (χ2v) is 8.73. The van der Waals surface area contributed by atoms with Gasteiger partial charge in [-0.05, 0) is 32.1 Å². The van der Waals surface area contributed by atoms with Gasteiger partial charge in [-0.2, -0.15) is 10.4 Å². The van der Waals surface area contributed by atoms with E-state index in [1.54, 1.807) is 27.9 Å². The van der Waals surface area contributed by atoms with Gasteiger partial charge in [-0.1, -0.05) is 13.8 Å². The van der Waals surface area contributed by atoms with Gasteiger partial charge in [-0.25, -0.2) is 14.3 Å². The molecule has 1 fully saturated rings. The van der Waals surface area contributed by atoms with Gasteiger partial charge in [0.1, 0.15) is 49.4 Å². The molecule has 0 saturated carbocycles. The van der Waals surface area contributed by atoms with Gasteiger partial charge < -0.3 is 35.3 Å². The molecular formula is C21H28N6O8. The summed E-state index contributed by atoms with van der Waals surface area (Å²) in [5, 5.41) is 44.9. The zero-order valence-electron chi connectivity index (χ0n) is 19.7. The Balaban J connectivity index is 1.73. The Morgan fingerprint density at radius 2 is 2.06 bits per heavy atom. The number of hydrogen-bond acceptors (Lipinski definition) is 12. The highest BCUT2D eigenvalue weighted by Gasteiger charge is 2.58. The van der Waals surface area contributed by atoms with Crippen molar-refractivity contribution < 1.29 is 39.1 Å². The summed E-state index contributed by atoms with van der Waals surface area (Å²) in [6.45, 7) is 2.28. The molecule has 3 rings (SSSR count). The Morgan fingerprint density at radius 1 is 1.37 bits per heavy atom. The van der Waals surface area contributed by atoms with Crippen LogP contribution in [0.3, 0.4) is 0 Å². The Bertz CT molecular complexity index is 1140. The molecule has 0 aromatic carbocycles. The normalized spacial score (nSPS) is 26.0. The number of carboxylic acids is 1. The topological polar surface area (TPSA) is 206 Å². The lowest BCUT2D eigenvalue weighted by molar-refractivity contribution is -0.157. The molecule has 0 bridgehead atoms. The van der Waals surface area contributed by atoms with Crippen molar-refractivity contribution in [1.82, 2.24) is 19.5 Å². The van der Waals surface area contributed by atoms with Gasteiger partial charge in [0.2, 0.25) is 5.60 Å². The van der Waals surface area contributed by atoms with Crippen molar-refractivity contribution >= 4 is 23.5 Å². The molecule has 5 N–H and O–H groups in total. The number of ether oxygens (including phenoxy) is 3. The molecule has 1 aliphatic heterocycles. The van der Waals surface area contributed by atoms with Gasteiger partial charge in [0.15, 0.2) is 11.4 Å². The fraction of sp³-hybridized carbons (Fsp3) is 0.571. The van der Waals surface area contributed by atoms with E-state index in [1.165, 1.54) is 21.5 Å². The molecule has 1 aliphatic rings. The van der Waals surface area contributed by atoms with E-state index in [0.29, 0.717) is 5.52 Å². The molecule has 2 aromatic heterocycles. The van der Waals surface area contributed by atoms with Crippen LogP contribution in [0.1, 0.15) is 19.5 Å². The molecule has 14 nitrogen and oxygen atoms in total. The van der Waals surface area contributed by atoms with Gasteiger partial charge in [-0.3, -0.25) is 9.69 Å². The number of nitrogen functional groups attached to an aromatic ring is 1. The van der Waals surface area contributed by atoms with Gasteiger partial charge in [0, 0.05) is 0 Å². The highest BCUT2D eigenvalue weighted by atomic mass is 16.7. The Morgan fingerprint density at radius 3 is 2.63 bits per heavy atom. The smallest absolute Gasteiger partial charge is 0.480 e. The van der Waals surface area contributed by atoms with Crippen LogP contribution in [0.5, 0.6) is 0 Å². The number of carbonyl (C=O) groups is 2. The van der Waals surface area contributed by atoms with E-state index < -0.39 is 60.7 Å². The number of aromatic nitrogens is 3. The number of fused-ring (bicyclic) bond motifs is 1. The molecule has 35 heavy (non-hydrogen) atoms. The van der Waals surface area contributed by atoms with Crippen LogP contribution in [-0.2, 0) is 24.6 Å². The lowest BCUT2D eigenvalue weighted by Gasteiger charge is -2.38. The number of nitriles is 1. The van der Waals surface area contributed by atoms with Crippen LogP contribution >= 0.6 is 0 Å². The molecule has 3 heterocycles. The number of carboxylic acid groups (broad SMARTS) is 1. The van der Waals surface area contributed by atoms with Crippen molar-refractivity contribution in [3.05, 3.63) is 24.2 Å². The number of aliphatic carboxylic acids is 1. The fourth-order valence-corrected chi connectivity index (χ4v) is 4.22. The molecule has 190 valence electrons. The Kier molecular flexibility index (Phi) is 7.18. The Labute approximate surface area is 200 Å². The number of aliphatic hydroxyl groups excluding tert-OH is 2. The van der Waals surface area contributed by atoms with Gasteiger partial charge in [-0.15, -0.1) is 0 Å². The maximum Gasteiger partial charge on any atom is 0.508 e. The van der Waals surface area contributed by atoms with Crippen molar-refractivity contribution in [3.63, 3.8) is 0 Å². The second-order valence-electron chi connectivity index (χ2n) is 8.73. The van der Waals surface area contributed by atoms with Crippen LogP contribution in [0.2, 0.25) is 0 Å². The summed E-state index contributed by atoms with van der Waals surface area (Å²) in [7, 11) is 3.11. The third-order valence-corrected chi connectivity index (χ3v) is 6.39. The number of carbonyl (C=O) groups excluding carboxylic acids is 1. The van der Waals surface area contributed by atoms with Crippen LogP contribution in [0.15, 0.2) is 18.5 Å². The first-order valence-electron chi connectivity index (χ1n) is 10.7. The number of anilines is 1. The number of rotatable bonds is 8. The predicted octanol–water partition coefficient (Wildman–Crippen LogP) is -0.655. The summed E-state index contributed by atoms with van der Waals surface area (Å²) < 4.78 is 17.0. The van der Waals surface area contributed by atoms with Gasteiger partial charge in [0.05, 0.1) is 5.69 Å². The van der Waals surface area contributed by atoms with Crippen molar-refractivity contribution in [2.75, 3.05) is 33.0 Å². The SMILES string of the molecule is CC(C)C(COC(=O)OC[C@H]1O[C@@](C#N)(c2ccc3c(N)ncnn23)[C@H](O)[C@@H]1O)(C(=O)O)N(C)C. The van der Waals surface area contributed by atoms with E-state index >= 15 is 0 Å². The van der Waals surface area contributed by atoms with Crippen LogP contribution in [0, 0.1) is 17.2 Å². The molecule has 0 radical (unpaired) electrons. The molecule has 2 aromatic rings. The lowest BCUT2D eigenvalue weighted by atomic mass is 9.86. The molecular weight excluding hydrogens is 464 g/mol. The molecule has 0 spiro atoms. The number of hydrogen-bond donors (Lipinski definition) is 4. The maximum atomic E-state index is 12.2. The third-order valence-electron chi connectivity index (χ3n) is 6.39. The van der Waals surface area contributed by atoms with Gasteiger partial charge in [0.25, 0.3) is 0 Å². The number of aliphatic hydroxyl groups is 2. The number of nitrogens with zero attached hydrogens (tertiary/aromatic N) is 5. The largest absolute Gasteiger partial charge is 0.508 e. The van der Waals surface area contributed by atoms with Crippen LogP contribution in [0.25, 0.3) is 5.52 Å². The zero-order valence-corrected chi connectivity index (χ0v) is 19.7. The molecule has 5 atom stereocenters. The minimum atomic E-state index is -2.05. The van der Waals surface area contributed by atoms with Crippen LogP contribution < -0.4 is 5.73 Å². The minimum absolute atomic E-state index is 0.0925. The summed E-state index contributed by atoms with van der Waals surface area (Å²) >= 11 is 0. The highest BCUT2D eigenvalue weighted by molar-refractivity contribution is 5.79. The highest BCUT2D eigenvalue weighted by Crippen LogP contribution is 2.40. The summed E-state index contributed by atoms with van der Waals surface area (Å²) in [5.74, 6) is -1.46. The first-order valence-corrected chi connectivity index (χ1v) is 10.7. The standard InChI is InChI=1S/C21H28N6O8/c1-11(2)20(18(30)31,26(3)4)9-34-19(32)33-7-13-15(28)16(29)21(8-22,35-13)14-6-5-12-17(23)24-10-25-27(12)14/h5-6,10-11,13,15-16,28-29H,7,9H2,1-4H3,(H,30,31)(H2,23,24,25)/t13-,15-,16-,20?,21+/m1/s1. The van der Waals surface area contributed by atoms with Gasteiger partial charge >= 0.3 is 12.1 Å². The average Bonchev–Trinajstić information content (AvgIpc) is 3.33. The first kappa shape index (κ1) is 26.1. The van der Waals surface area contributed by atoms with E-state index in [1.807, 2.05) is 6.07 Å². The molecule has 0 amide bonds. The fourth-order valence-electron chi connectivity index (χ4n) is 4.22. The zero-order chi connectivity index (χ0) is 26.1. The predicted molar refractivity (Wildman–Crippen MR) is 118 cm³/mol. The summed E-state index contributed by atoms with van der Waals surface area (Å²) in [5.41, 5.74) is 2.73. The molecule has 1 unspecified atom stereocenters. The van der Waals surface area contributed by atoms with E-state index in [4.69, 9.17) is 19.9 Å². The van der Waals surface area contributed by atoms with E-state index in [2.05, 4.69) is 10.1 Å². The van der Waals surface area contributed by atoms with Crippen molar-refractivity contribution in [1.29, 1.82) is 5.26 Å². The van der Waals surface area contributed by atoms with Crippen molar-refractivity contribution in [3.8, 4) is 6.07 Å². The van der Waals surface area contributed by atoms with Crippen molar-refractivity contribution in [2.45, 2.75) is 43.3 Å². The molecule has 1 saturated heterocycles. The minimum Gasteiger partial charge on any atom is -0.480 e. The van der Waals surface area contributed by atoms with Crippen LogP contribution in [-0.4, -0.2) is 98.1 Å². The average molecular weight is 492 g/mol. The summed E-state index contributed by atoms with van der Waals surface area (Å²) in [4.78, 5) is 29.4.